The van der Waals surface area contributed by atoms with Crippen LogP contribution in [-0.2, 0) is 21.4 Å². The van der Waals surface area contributed by atoms with Crippen molar-refractivity contribution in [3.63, 3.8) is 0 Å². The summed E-state index contributed by atoms with van der Waals surface area (Å²) in [5.74, 6) is 0. The molecule has 2 aromatic carbocycles. The number of carbonyl (C=O) groups is 1. The summed E-state index contributed by atoms with van der Waals surface area (Å²) in [6.07, 6.45) is 0.692. The highest BCUT2D eigenvalue weighted by Gasteiger charge is 2.37. The number of piperidine rings is 1. The van der Waals surface area contributed by atoms with Crippen molar-refractivity contribution >= 4 is 33.4 Å². The van der Waals surface area contributed by atoms with Gasteiger partial charge in [-0.25, -0.2) is 13.2 Å². The number of cyclic esters (lactones) is 1. The molecule has 6 nitrogen and oxygen atoms in total. The second-order valence-corrected chi connectivity index (χ2v) is 10.4. The van der Waals surface area contributed by atoms with Crippen LogP contribution in [0.2, 0.25) is 5.02 Å². The zero-order chi connectivity index (χ0) is 21.6. The number of hydrogen-bond acceptors (Lipinski definition) is 4. The third-order valence-electron chi connectivity index (χ3n) is 5.84. The highest BCUT2D eigenvalue weighted by atomic mass is 35.5. The molecule has 30 heavy (non-hydrogen) atoms. The maximum absolute atomic E-state index is 13.3. The number of ether oxygens (including phenoxy) is 1. The van der Waals surface area contributed by atoms with E-state index in [0.717, 1.165) is 27.9 Å². The van der Waals surface area contributed by atoms with Crippen molar-refractivity contribution < 1.29 is 17.9 Å². The van der Waals surface area contributed by atoms with Crippen LogP contribution in [0.15, 0.2) is 35.2 Å². The highest BCUT2D eigenvalue weighted by Crippen LogP contribution is 2.35. The first-order valence-electron chi connectivity index (χ1n) is 10.0. The molecule has 1 saturated heterocycles. The number of nitrogens with zero attached hydrogens (tertiary/aromatic N) is 2. The normalized spacial score (nSPS) is 18.3. The number of hydrogen-bond donors (Lipinski definition) is 0. The molecule has 0 saturated carbocycles. The molecule has 0 radical (unpaired) electrons. The maximum atomic E-state index is 13.3. The van der Waals surface area contributed by atoms with Gasteiger partial charge in [-0.05, 0) is 62.9 Å². The van der Waals surface area contributed by atoms with E-state index in [0.29, 0.717) is 35.8 Å². The van der Waals surface area contributed by atoms with Gasteiger partial charge in [-0.2, -0.15) is 4.31 Å². The van der Waals surface area contributed by atoms with Gasteiger partial charge in [-0.15, -0.1) is 0 Å². The SMILES string of the molecule is Cc1cc(C)c(S(=O)(=O)N2CCC(N3C(=O)OCc4cc(Cl)ccc43)CC2)c(C)c1. The number of benzene rings is 2. The average Bonchev–Trinajstić information content (AvgIpc) is 2.67. The molecular weight excluding hydrogens is 424 g/mol. The summed E-state index contributed by atoms with van der Waals surface area (Å²) in [5.41, 5.74) is 4.23. The van der Waals surface area contributed by atoms with Gasteiger partial charge in [-0.3, -0.25) is 4.90 Å². The van der Waals surface area contributed by atoms with Crippen LogP contribution in [-0.4, -0.2) is 37.9 Å². The van der Waals surface area contributed by atoms with Crippen LogP contribution in [0.25, 0.3) is 0 Å². The first-order chi connectivity index (χ1) is 14.2. The molecule has 0 spiro atoms. The lowest BCUT2D eigenvalue weighted by molar-refractivity contribution is 0.136. The Morgan fingerprint density at radius 3 is 2.30 bits per heavy atom. The number of anilines is 1. The molecule has 0 aromatic heterocycles. The highest BCUT2D eigenvalue weighted by molar-refractivity contribution is 7.89. The minimum atomic E-state index is -3.59. The predicted octanol–water partition coefficient (Wildman–Crippen LogP) is 4.58. The predicted molar refractivity (Wildman–Crippen MR) is 117 cm³/mol. The lowest BCUT2D eigenvalue weighted by Crippen LogP contribution is -2.50. The topological polar surface area (TPSA) is 66.9 Å². The van der Waals surface area contributed by atoms with Gasteiger partial charge in [-0.1, -0.05) is 29.3 Å². The molecule has 0 N–H and O–H groups in total. The smallest absolute Gasteiger partial charge is 0.414 e. The number of amides is 1. The van der Waals surface area contributed by atoms with Crippen molar-refractivity contribution in [1.29, 1.82) is 0 Å². The van der Waals surface area contributed by atoms with E-state index >= 15 is 0 Å². The van der Waals surface area contributed by atoms with Crippen LogP contribution in [0.1, 0.15) is 35.1 Å². The fourth-order valence-corrected chi connectivity index (χ4v) is 6.68. The van der Waals surface area contributed by atoms with E-state index in [9.17, 15) is 13.2 Å². The Kier molecular flexibility index (Phi) is 5.55. The van der Waals surface area contributed by atoms with Gasteiger partial charge in [0.2, 0.25) is 10.0 Å². The van der Waals surface area contributed by atoms with Gasteiger partial charge in [0, 0.05) is 29.7 Å². The molecular formula is C22H25ClN2O4S. The largest absolute Gasteiger partial charge is 0.444 e. The molecule has 0 unspecified atom stereocenters. The lowest BCUT2D eigenvalue weighted by Gasteiger charge is -2.40. The summed E-state index contributed by atoms with van der Waals surface area (Å²) in [5, 5.41) is 0.594. The van der Waals surface area contributed by atoms with E-state index in [2.05, 4.69) is 0 Å². The van der Waals surface area contributed by atoms with E-state index < -0.39 is 16.1 Å². The monoisotopic (exact) mass is 448 g/mol. The van der Waals surface area contributed by atoms with Crippen LogP contribution in [0.3, 0.4) is 0 Å². The third kappa shape index (κ3) is 3.70. The van der Waals surface area contributed by atoms with Crippen LogP contribution in [0.5, 0.6) is 0 Å². The number of rotatable bonds is 3. The Morgan fingerprint density at radius 1 is 1.03 bits per heavy atom. The van der Waals surface area contributed by atoms with E-state index in [4.69, 9.17) is 16.3 Å². The van der Waals surface area contributed by atoms with Crippen molar-refractivity contribution in [3.8, 4) is 0 Å². The minimum Gasteiger partial charge on any atom is -0.444 e. The van der Waals surface area contributed by atoms with Gasteiger partial charge < -0.3 is 4.74 Å². The Bertz CT molecular complexity index is 1090. The number of aryl methyl sites for hydroxylation is 3. The summed E-state index contributed by atoms with van der Waals surface area (Å²) in [4.78, 5) is 14.5. The summed E-state index contributed by atoms with van der Waals surface area (Å²) in [6, 6.07) is 9.08. The van der Waals surface area contributed by atoms with Crippen LogP contribution < -0.4 is 4.90 Å². The molecule has 160 valence electrons. The van der Waals surface area contributed by atoms with Gasteiger partial charge in [0.15, 0.2) is 0 Å². The van der Waals surface area contributed by atoms with Crippen molar-refractivity contribution in [2.24, 2.45) is 0 Å². The van der Waals surface area contributed by atoms with Crippen molar-refractivity contribution in [2.45, 2.75) is 51.2 Å². The first kappa shape index (κ1) is 21.2. The molecule has 2 aromatic rings. The number of sulfonamides is 1. The quantitative estimate of drug-likeness (QED) is 0.689. The van der Waals surface area contributed by atoms with Gasteiger partial charge in [0.25, 0.3) is 0 Å². The Balaban J connectivity index is 1.56. The zero-order valence-electron chi connectivity index (χ0n) is 17.3. The summed E-state index contributed by atoms with van der Waals surface area (Å²) >= 11 is 6.08. The second kappa shape index (κ2) is 7.87. The van der Waals surface area contributed by atoms with E-state index in [1.165, 1.54) is 4.31 Å². The fourth-order valence-electron chi connectivity index (χ4n) is 4.60. The summed E-state index contributed by atoms with van der Waals surface area (Å²) in [7, 11) is -3.59. The van der Waals surface area contributed by atoms with Gasteiger partial charge in [0.1, 0.15) is 6.61 Å². The van der Waals surface area contributed by atoms with Crippen molar-refractivity contribution in [2.75, 3.05) is 18.0 Å². The minimum absolute atomic E-state index is 0.121. The standard InChI is InChI=1S/C22H25ClN2O4S/c1-14-10-15(2)21(16(3)11-14)30(27,28)24-8-6-19(7-9-24)25-20-5-4-18(23)12-17(20)13-29-22(25)26/h4-5,10-12,19H,6-9,13H2,1-3H3. The van der Waals surface area contributed by atoms with Crippen LogP contribution in [0, 0.1) is 20.8 Å². The van der Waals surface area contributed by atoms with E-state index in [1.54, 1.807) is 17.0 Å². The van der Waals surface area contributed by atoms with Gasteiger partial charge in [0.05, 0.1) is 10.6 Å². The third-order valence-corrected chi connectivity index (χ3v) is 8.28. The fraction of sp³-hybridized carbons (Fsp3) is 0.409. The molecule has 8 heteroatoms. The zero-order valence-corrected chi connectivity index (χ0v) is 18.9. The first-order valence-corrected chi connectivity index (χ1v) is 11.8. The summed E-state index contributed by atoms with van der Waals surface area (Å²) < 4.78 is 33.5. The Morgan fingerprint density at radius 2 is 1.67 bits per heavy atom. The van der Waals surface area contributed by atoms with Crippen LogP contribution in [0.4, 0.5) is 10.5 Å². The average molecular weight is 449 g/mol. The number of halogens is 1. The van der Waals surface area contributed by atoms with Crippen molar-refractivity contribution in [1.82, 2.24) is 4.31 Å². The molecule has 0 atom stereocenters. The van der Waals surface area contributed by atoms with E-state index in [1.807, 2.05) is 39.0 Å². The van der Waals surface area contributed by atoms with E-state index in [-0.39, 0.29) is 12.6 Å². The molecule has 1 amide bonds. The number of fused-ring (bicyclic) bond motifs is 1. The number of carbonyl (C=O) groups excluding carboxylic acids is 1. The molecule has 2 aliphatic heterocycles. The second-order valence-electron chi connectivity index (χ2n) is 8.06. The molecule has 2 aliphatic rings. The summed E-state index contributed by atoms with van der Waals surface area (Å²) in [6.45, 7) is 6.55. The van der Waals surface area contributed by atoms with Crippen LogP contribution >= 0.6 is 11.6 Å². The maximum Gasteiger partial charge on any atom is 0.414 e. The molecule has 1 fully saturated rings. The van der Waals surface area contributed by atoms with Crippen molar-refractivity contribution in [3.05, 3.63) is 57.6 Å². The molecule has 0 aliphatic carbocycles. The Labute approximate surface area is 182 Å². The molecule has 0 bridgehead atoms. The van der Waals surface area contributed by atoms with Gasteiger partial charge >= 0.3 is 6.09 Å². The molecule has 4 rings (SSSR count). The molecule has 2 heterocycles. The Hall–Kier alpha value is -2.09. The lowest BCUT2D eigenvalue weighted by atomic mass is 10.0.